The normalized spacial score (nSPS) is 24.6. The van der Waals surface area contributed by atoms with Gasteiger partial charge in [0.05, 0.1) is 17.9 Å². The summed E-state index contributed by atoms with van der Waals surface area (Å²) in [5.74, 6) is 0.509. The zero-order valence-corrected chi connectivity index (χ0v) is 10.6. The van der Waals surface area contributed by atoms with Crippen LogP contribution in [0.15, 0.2) is 6.20 Å². The van der Waals surface area contributed by atoms with Crippen LogP contribution in [0, 0.1) is 0 Å². The van der Waals surface area contributed by atoms with Crippen molar-refractivity contribution in [2.24, 2.45) is 7.05 Å². The molecule has 1 fully saturated rings. The third-order valence-electron chi connectivity index (χ3n) is 3.31. The fourth-order valence-corrected chi connectivity index (χ4v) is 2.35. The van der Waals surface area contributed by atoms with Gasteiger partial charge >= 0.3 is 0 Å². The van der Waals surface area contributed by atoms with E-state index in [1.165, 1.54) is 0 Å². The van der Waals surface area contributed by atoms with Crippen LogP contribution in [-0.2, 0) is 11.8 Å². The minimum Gasteiger partial charge on any atom is -0.347 e. The smallest absolute Gasteiger partial charge is 0.239 e. The molecular weight excluding hydrogens is 218 g/mol. The summed E-state index contributed by atoms with van der Waals surface area (Å²) in [6.07, 6.45) is 3.64. The molecule has 94 valence electrons. The number of carbonyl (C=O) groups is 1. The lowest BCUT2D eigenvalue weighted by molar-refractivity contribution is -0.131. The highest BCUT2D eigenvalue weighted by Gasteiger charge is 2.30. The van der Waals surface area contributed by atoms with E-state index in [0.717, 1.165) is 25.1 Å². The van der Waals surface area contributed by atoms with E-state index in [1.54, 1.807) is 29.9 Å². The zero-order valence-electron chi connectivity index (χ0n) is 10.6. The maximum Gasteiger partial charge on any atom is 0.239 e. The van der Waals surface area contributed by atoms with Gasteiger partial charge in [0, 0.05) is 27.1 Å². The summed E-state index contributed by atoms with van der Waals surface area (Å²) < 4.78 is 1.80. The van der Waals surface area contributed by atoms with Crippen LogP contribution in [-0.4, -0.2) is 52.5 Å². The summed E-state index contributed by atoms with van der Waals surface area (Å²) in [6, 6.07) is -0.0846. The minimum atomic E-state index is -0.0846. The number of piperidine rings is 1. The molecule has 1 aromatic rings. The highest BCUT2D eigenvalue weighted by molar-refractivity contribution is 5.81. The van der Waals surface area contributed by atoms with E-state index in [9.17, 15) is 4.79 Å². The van der Waals surface area contributed by atoms with Crippen molar-refractivity contribution in [3.63, 3.8) is 0 Å². The molecule has 17 heavy (non-hydrogen) atoms. The van der Waals surface area contributed by atoms with Crippen molar-refractivity contribution < 1.29 is 4.79 Å². The molecule has 0 radical (unpaired) electrons. The van der Waals surface area contributed by atoms with Crippen molar-refractivity contribution in [1.82, 2.24) is 25.2 Å². The number of amides is 1. The molecule has 1 aliphatic heterocycles. The Labute approximate surface area is 101 Å². The summed E-state index contributed by atoms with van der Waals surface area (Å²) in [6.45, 7) is 0.861. The van der Waals surface area contributed by atoms with E-state index in [4.69, 9.17) is 0 Å². The average molecular weight is 237 g/mol. The highest BCUT2D eigenvalue weighted by atomic mass is 16.2. The lowest BCUT2D eigenvalue weighted by Gasteiger charge is -2.30. The first-order valence-electron chi connectivity index (χ1n) is 5.88. The van der Waals surface area contributed by atoms with E-state index in [2.05, 4.69) is 15.6 Å². The average Bonchev–Trinajstić information content (AvgIpc) is 2.74. The first-order chi connectivity index (χ1) is 8.09. The third kappa shape index (κ3) is 2.46. The van der Waals surface area contributed by atoms with Crippen LogP contribution in [0.4, 0.5) is 0 Å². The summed E-state index contributed by atoms with van der Waals surface area (Å²) in [4.78, 5) is 13.6. The largest absolute Gasteiger partial charge is 0.347 e. The number of carbonyl (C=O) groups excluding carboxylic acids is 1. The molecule has 2 heterocycles. The summed E-state index contributed by atoms with van der Waals surface area (Å²) in [7, 11) is 5.48. The maximum atomic E-state index is 11.9. The van der Waals surface area contributed by atoms with E-state index in [1.807, 2.05) is 7.05 Å². The van der Waals surface area contributed by atoms with Gasteiger partial charge in [-0.2, -0.15) is 0 Å². The molecule has 0 spiro atoms. The minimum absolute atomic E-state index is 0.0846. The molecule has 6 heteroatoms. The second-order valence-electron chi connectivity index (χ2n) is 4.74. The Kier molecular flexibility index (Phi) is 3.42. The van der Waals surface area contributed by atoms with Crippen LogP contribution in [0.5, 0.6) is 0 Å². The van der Waals surface area contributed by atoms with E-state index >= 15 is 0 Å². The Morgan fingerprint density at radius 3 is 2.94 bits per heavy atom. The van der Waals surface area contributed by atoms with Gasteiger partial charge in [-0.3, -0.25) is 9.48 Å². The zero-order chi connectivity index (χ0) is 12.4. The fourth-order valence-electron chi connectivity index (χ4n) is 2.35. The number of aryl methyl sites for hydroxylation is 1. The first-order valence-corrected chi connectivity index (χ1v) is 5.88. The summed E-state index contributed by atoms with van der Waals surface area (Å²) >= 11 is 0. The topological polar surface area (TPSA) is 63.1 Å². The van der Waals surface area contributed by atoms with Gasteiger partial charge in [0.15, 0.2) is 0 Å². The van der Waals surface area contributed by atoms with Gasteiger partial charge in [-0.1, -0.05) is 5.21 Å². The second kappa shape index (κ2) is 4.83. The molecule has 1 amide bonds. The van der Waals surface area contributed by atoms with Gasteiger partial charge in [0.25, 0.3) is 0 Å². The number of hydrogen-bond acceptors (Lipinski definition) is 4. The number of nitrogens with zero attached hydrogens (tertiary/aromatic N) is 4. The van der Waals surface area contributed by atoms with Crippen molar-refractivity contribution >= 4 is 5.91 Å². The van der Waals surface area contributed by atoms with E-state index < -0.39 is 0 Å². The summed E-state index contributed by atoms with van der Waals surface area (Å²) in [5, 5.41) is 11.1. The SMILES string of the molecule is CN(C)C(=O)C1CC(c2cnnn2C)CCN1. The van der Waals surface area contributed by atoms with Gasteiger partial charge in [-0.25, -0.2) is 0 Å². The Balaban J connectivity index is 2.08. The number of rotatable bonds is 2. The van der Waals surface area contributed by atoms with E-state index in [0.29, 0.717) is 5.92 Å². The van der Waals surface area contributed by atoms with Crippen molar-refractivity contribution in [3.05, 3.63) is 11.9 Å². The second-order valence-corrected chi connectivity index (χ2v) is 4.74. The monoisotopic (exact) mass is 237 g/mol. The van der Waals surface area contributed by atoms with Gasteiger partial charge in [0.1, 0.15) is 0 Å². The first kappa shape index (κ1) is 12.0. The Morgan fingerprint density at radius 2 is 2.35 bits per heavy atom. The summed E-state index contributed by atoms with van der Waals surface area (Å²) in [5.41, 5.74) is 1.11. The van der Waals surface area contributed by atoms with Crippen molar-refractivity contribution in [2.45, 2.75) is 24.8 Å². The van der Waals surface area contributed by atoms with Crippen molar-refractivity contribution in [3.8, 4) is 0 Å². The molecule has 2 unspecified atom stereocenters. The Bertz CT molecular complexity index is 400. The number of likely N-dealkylation sites (N-methyl/N-ethyl adjacent to an activating group) is 1. The predicted octanol–water partition coefficient (Wildman–Crippen LogP) is -0.261. The fraction of sp³-hybridized carbons (Fsp3) is 0.727. The predicted molar refractivity (Wildman–Crippen MR) is 63.5 cm³/mol. The Hall–Kier alpha value is -1.43. The van der Waals surface area contributed by atoms with E-state index in [-0.39, 0.29) is 11.9 Å². The van der Waals surface area contributed by atoms with Crippen LogP contribution >= 0.6 is 0 Å². The van der Waals surface area contributed by atoms with Crippen LogP contribution in [0.3, 0.4) is 0 Å². The molecular formula is C11H19N5O. The lowest BCUT2D eigenvalue weighted by Crippen LogP contribution is -2.48. The Morgan fingerprint density at radius 1 is 1.59 bits per heavy atom. The van der Waals surface area contributed by atoms with Crippen molar-refractivity contribution in [2.75, 3.05) is 20.6 Å². The molecule has 1 aromatic heterocycles. The number of hydrogen-bond donors (Lipinski definition) is 1. The van der Waals surface area contributed by atoms with Gasteiger partial charge in [-0.05, 0) is 19.4 Å². The molecule has 1 saturated heterocycles. The lowest BCUT2D eigenvalue weighted by atomic mass is 9.89. The molecule has 0 saturated carbocycles. The molecule has 6 nitrogen and oxygen atoms in total. The molecule has 1 aliphatic rings. The number of aromatic nitrogens is 3. The standard InChI is InChI=1S/C11H19N5O/c1-15(2)11(17)9-6-8(4-5-12-9)10-7-13-14-16(10)3/h7-9,12H,4-6H2,1-3H3. The van der Waals surface area contributed by atoms with Crippen LogP contribution in [0.1, 0.15) is 24.5 Å². The van der Waals surface area contributed by atoms with Gasteiger partial charge in [0.2, 0.25) is 5.91 Å². The van der Waals surface area contributed by atoms with Crippen molar-refractivity contribution in [1.29, 1.82) is 0 Å². The van der Waals surface area contributed by atoms with Crippen LogP contribution in [0.2, 0.25) is 0 Å². The number of nitrogens with one attached hydrogen (secondary N) is 1. The van der Waals surface area contributed by atoms with Crippen LogP contribution in [0.25, 0.3) is 0 Å². The molecule has 0 bridgehead atoms. The molecule has 0 aliphatic carbocycles. The highest BCUT2D eigenvalue weighted by Crippen LogP contribution is 2.26. The molecule has 1 N–H and O–H groups in total. The molecule has 0 aromatic carbocycles. The quantitative estimate of drug-likeness (QED) is 0.769. The maximum absolute atomic E-state index is 11.9. The van der Waals surface area contributed by atoms with Gasteiger partial charge in [-0.15, -0.1) is 5.10 Å². The third-order valence-corrected chi connectivity index (χ3v) is 3.31. The van der Waals surface area contributed by atoms with Crippen LogP contribution < -0.4 is 5.32 Å². The molecule has 2 atom stereocenters. The molecule has 2 rings (SSSR count). The van der Waals surface area contributed by atoms with Gasteiger partial charge < -0.3 is 10.2 Å².